The monoisotopic (exact) mass is 293 g/mol. The Balaban J connectivity index is 2.01. The fraction of sp³-hybridized carbons (Fsp3) is 0.111. The summed E-state index contributed by atoms with van der Waals surface area (Å²) in [6.45, 7) is 3.79. The van der Waals surface area contributed by atoms with Crippen molar-refractivity contribution < 1.29 is 9.21 Å². The molecule has 0 saturated heterocycles. The van der Waals surface area contributed by atoms with E-state index in [1.165, 1.54) is 0 Å². The average molecular weight is 293 g/mol. The van der Waals surface area contributed by atoms with E-state index < -0.39 is 11.5 Å². The second kappa shape index (κ2) is 5.48. The van der Waals surface area contributed by atoms with Crippen LogP contribution >= 0.6 is 0 Å². The zero-order chi connectivity index (χ0) is 15.7. The number of anilines is 1. The molecule has 4 nitrogen and oxygen atoms in total. The Morgan fingerprint density at radius 3 is 2.59 bits per heavy atom. The highest BCUT2D eigenvalue weighted by atomic mass is 16.4. The number of hydrogen-bond acceptors (Lipinski definition) is 3. The van der Waals surface area contributed by atoms with Crippen LogP contribution in [0, 0.1) is 13.8 Å². The molecule has 0 atom stereocenters. The zero-order valence-corrected chi connectivity index (χ0v) is 12.3. The molecule has 0 spiro atoms. The van der Waals surface area contributed by atoms with Gasteiger partial charge in [-0.15, -0.1) is 0 Å². The van der Waals surface area contributed by atoms with Crippen LogP contribution in [-0.2, 0) is 0 Å². The van der Waals surface area contributed by atoms with Crippen molar-refractivity contribution in [2.45, 2.75) is 13.8 Å². The van der Waals surface area contributed by atoms with Gasteiger partial charge in [-0.2, -0.15) is 0 Å². The minimum atomic E-state index is -0.632. The van der Waals surface area contributed by atoms with Gasteiger partial charge >= 0.3 is 5.63 Å². The van der Waals surface area contributed by atoms with Gasteiger partial charge in [-0.1, -0.05) is 30.3 Å². The Hall–Kier alpha value is -2.88. The van der Waals surface area contributed by atoms with E-state index in [0.717, 1.165) is 16.5 Å². The quantitative estimate of drug-likeness (QED) is 0.733. The van der Waals surface area contributed by atoms with Crippen molar-refractivity contribution in [2.24, 2.45) is 0 Å². The third kappa shape index (κ3) is 2.63. The molecule has 110 valence electrons. The number of hydrogen-bond donors (Lipinski definition) is 1. The molecule has 1 aromatic heterocycles. The summed E-state index contributed by atoms with van der Waals surface area (Å²) in [7, 11) is 0. The second-order valence-corrected chi connectivity index (χ2v) is 5.26. The Morgan fingerprint density at radius 1 is 1.05 bits per heavy atom. The summed E-state index contributed by atoms with van der Waals surface area (Å²) in [4.78, 5) is 24.4. The molecule has 1 N–H and O–H groups in total. The third-order valence-corrected chi connectivity index (χ3v) is 3.48. The molecule has 0 unspecified atom stereocenters. The maximum atomic E-state index is 12.3. The smallest absolute Gasteiger partial charge is 0.349 e. The first-order valence-electron chi connectivity index (χ1n) is 6.96. The molecule has 3 aromatic rings. The molecule has 2 aromatic carbocycles. The van der Waals surface area contributed by atoms with E-state index in [-0.39, 0.29) is 5.56 Å². The van der Waals surface area contributed by atoms with Crippen LogP contribution in [0.25, 0.3) is 11.0 Å². The van der Waals surface area contributed by atoms with Crippen molar-refractivity contribution in [1.82, 2.24) is 0 Å². The van der Waals surface area contributed by atoms with Crippen LogP contribution in [0.15, 0.2) is 57.7 Å². The molecule has 0 saturated carbocycles. The number of para-hydroxylation sites is 1. The summed E-state index contributed by atoms with van der Waals surface area (Å²) in [5.41, 5.74) is 2.42. The predicted molar refractivity (Wildman–Crippen MR) is 86.4 cm³/mol. The first kappa shape index (κ1) is 14.1. The van der Waals surface area contributed by atoms with E-state index in [1.54, 1.807) is 12.1 Å². The van der Waals surface area contributed by atoms with E-state index in [0.29, 0.717) is 11.3 Å². The minimum absolute atomic E-state index is 0.000365. The molecule has 3 rings (SSSR count). The van der Waals surface area contributed by atoms with Crippen LogP contribution < -0.4 is 10.9 Å². The molecule has 0 bridgehead atoms. The summed E-state index contributed by atoms with van der Waals surface area (Å²) < 4.78 is 5.29. The van der Waals surface area contributed by atoms with Gasteiger partial charge in [0.1, 0.15) is 11.1 Å². The van der Waals surface area contributed by atoms with Crippen LogP contribution in [-0.4, -0.2) is 5.91 Å². The first-order chi connectivity index (χ1) is 10.5. The highest BCUT2D eigenvalue weighted by molar-refractivity contribution is 6.05. The molecule has 4 heteroatoms. The largest absolute Gasteiger partial charge is 0.422 e. The lowest BCUT2D eigenvalue weighted by atomic mass is 10.1. The van der Waals surface area contributed by atoms with Gasteiger partial charge in [-0.05, 0) is 43.2 Å². The molecule has 0 aliphatic rings. The van der Waals surface area contributed by atoms with Crippen molar-refractivity contribution in [1.29, 1.82) is 0 Å². The molecule has 0 aliphatic heterocycles. The lowest BCUT2D eigenvalue weighted by Gasteiger charge is -2.06. The summed E-state index contributed by atoms with van der Waals surface area (Å²) in [5, 5.41) is 3.45. The van der Waals surface area contributed by atoms with E-state index in [2.05, 4.69) is 5.32 Å². The van der Waals surface area contributed by atoms with Crippen LogP contribution in [0.4, 0.5) is 5.69 Å². The number of carbonyl (C=O) groups excluding carboxylic acids is 1. The van der Waals surface area contributed by atoms with Gasteiger partial charge in [0.2, 0.25) is 0 Å². The van der Waals surface area contributed by atoms with E-state index in [9.17, 15) is 9.59 Å². The van der Waals surface area contributed by atoms with Crippen molar-refractivity contribution in [3.8, 4) is 0 Å². The summed E-state index contributed by atoms with van der Waals surface area (Å²) >= 11 is 0. The number of fused-ring (bicyclic) bond motifs is 1. The molecule has 1 amide bonds. The lowest BCUT2D eigenvalue weighted by Crippen LogP contribution is -2.20. The van der Waals surface area contributed by atoms with Crippen LogP contribution in [0.2, 0.25) is 0 Å². The number of aryl methyl sites for hydroxylation is 2. The SMILES string of the molecule is Cc1cccc(NC(=O)c2cc3cccc(C)c3oc2=O)c1. The standard InChI is InChI=1S/C18H15NO3/c1-11-5-3-8-14(9-11)19-17(20)15-10-13-7-4-6-12(2)16(13)22-18(15)21/h3-10H,1-2H3,(H,19,20). The number of benzene rings is 2. The summed E-state index contributed by atoms with van der Waals surface area (Å²) in [6.07, 6.45) is 0. The Kier molecular flexibility index (Phi) is 3.51. The zero-order valence-electron chi connectivity index (χ0n) is 12.3. The maximum Gasteiger partial charge on any atom is 0.349 e. The van der Waals surface area contributed by atoms with Gasteiger partial charge in [-0.25, -0.2) is 4.79 Å². The Morgan fingerprint density at radius 2 is 1.82 bits per heavy atom. The molecular formula is C18H15NO3. The van der Waals surface area contributed by atoms with Crippen molar-refractivity contribution in [2.75, 3.05) is 5.32 Å². The van der Waals surface area contributed by atoms with Gasteiger partial charge in [0.25, 0.3) is 5.91 Å². The fourth-order valence-electron chi connectivity index (χ4n) is 2.37. The van der Waals surface area contributed by atoms with E-state index in [4.69, 9.17) is 4.42 Å². The minimum Gasteiger partial charge on any atom is -0.422 e. The van der Waals surface area contributed by atoms with Crippen molar-refractivity contribution in [3.05, 3.63) is 75.6 Å². The third-order valence-electron chi connectivity index (χ3n) is 3.48. The Bertz CT molecular complexity index is 925. The number of amides is 1. The maximum absolute atomic E-state index is 12.3. The number of rotatable bonds is 2. The lowest BCUT2D eigenvalue weighted by molar-refractivity contribution is 0.102. The molecule has 1 heterocycles. The number of nitrogens with one attached hydrogen (secondary N) is 1. The van der Waals surface area contributed by atoms with Gasteiger partial charge in [-0.3, -0.25) is 4.79 Å². The van der Waals surface area contributed by atoms with Gasteiger partial charge in [0.15, 0.2) is 0 Å². The Labute approximate surface area is 127 Å². The van der Waals surface area contributed by atoms with Crippen LogP contribution in [0.1, 0.15) is 21.5 Å². The van der Waals surface area contributed by atoms with Gasteiger partial charge < -0.3 is 9.73 Å². The highest BCUT2D eigenvalue weighted by Crippen LogP contribution is 2.18. The van der Waals surface area contributed by atoms with E-state index in [1.807, 2.05) is 50.2 Å². The van der Waals surface area contributed by atoms with E-state index >= 15 is 0 Å². The van der Waals surface area contributed by atoms with Crippen molar-refractivity contribution in [3.63, 3.8) is 0 Å². The molecule has 0 radical (unpaired) electrons. The first-order valence-corrected chi connectivity index (χ1v) is 6.96. The topological polar surface area (TPSA) is 59.3 Å². The highest BCUT2D eigenvalue weighted by Gasteiger charge is 2.14. The normalized spacial score (nSPS) is 10.6. The molecule has 22 heavy (non-hydrogen) atoms. The average Bonchev–Trinajstić information content (AvgIpc) is 2.47. The fourth-order valence-corrected chi connectivity index (χ4v) is 2.37. The summed E-state index contributed by atoms with van der Waals surface area (Å²) in [5.74, 6) is -0.470. The summed E-state index contributed by atoms with van der Waals surface area (Å²) in [6, 6.07) is 14.5. The molecule has 0 aliphatic carbocycles. The number of carbonyl (C=O) groups is 1. The molecular weight excluding hydrogens is 278 g/mol. The molecule has 0 fully saturated rings. The van der Waals surface area contributed by atoms with Gasteiger partial charge in [0, 0.05) is 11.1 Å². The second-order valence-electron chi connectivity index (χ2n) is 5.26. The van der Waals surface area contributed by atoms with Crippen LogP contribution in [0.3, 0.4) is 0 Å². The van der Waals surface area contributed by atoms with Gasteiger partial charge in [0.05, 0.1) is 0 Å². The predicted octanol–water partition coefficient (Wildman–Crippen LogP) is 3.66. The van der Waals surface area contributed by atoms with Crippen LogP contribution in [0.5, 0.6) is 0 Å². The van der Waals surface area contributed by atoms with Crippen molar-refractivity contribution >= 4 is 22.6 Å².